The lowest BCUT2D eigenvalue weighted by atomic mass is 10.0. The Morgan fingerprint density at radius 3 is 2.60 bits per heavy atom. The highest BCUT2D eigenvalue weighted by atomic mass is 16.5. The monoisotopic (exact) mass is 145 g/mol. The van der Waals surface area contributed by atoms with Crippen molar-refractivity contribution in [1.82, 2.24) is 5.06 Å². The summed E-state index contributed by atoms with van der Waals surface area (Å²) in [5.41, 5.74) is 0. The SMILES string of the molecule is CC(O)C1CCCCN1O. The van der Waals surface area contributed by atoms with E-state index in [4.69, 9.17) is 5.11 Å². The van der Waals surface area contributed by atoms with Crippen molar-refractivity contribution < 1.29 is 10.3 Å². The van der Waals surface area contributed by atoms with Crippen LogP contribution < -0.4 is 0 Å². The van der Waals surface area contributed by atoms with E-state index in [1.807, 2.05) is 0 Å². The van der Waals surface area contributed by atoms with E-state index in [0.717, 1.165) is 19.3 Å². The van der Waals surface area contributed by atoms with Crippen LogP contribution in [0.4, 0.5) is 0 Å². The third-order valence-corrected chi connectivity index (χ3v) is 2.08. The quantitative estimate of drug-likeness (QED) is 0.568. The van der Waals surface area contributed by atoms with Gasteiger partial charge in [-0.15, -0.1) is 0 Å². The summed E-state index contributed by atoms with van der Waals surface area (Å²) in [5.74, 6) is 0. The molecule has 0 spiro atoms. The largest absolute Gasteiger partial charge is 0.392 e. The summed E-state index contributed by atoms with van der Waals surface area (Å²) in [4.78, 5) is 0. The fourth-order valence-electron chi connectivity index (χ4n) is 1.43. The Bertz CT molecular complexity index is 106. The topological polar surface area (TPSA) is 43.7 Å². The number of hydrogen-bond acceptors (Lipinski definition) is 3. The van der Waals surface area contributed by atoms with Gasteiger partial charge >= 0.3 is 0 Å². The molecule has 0 radical (unpaired) electrons. The second-order valence-electron chi connectivity index (χ2n) is 2.97. The summed E-state index contributed by atoms with van der Waals surface area (Å²) < 4.78 is 0. The van der Waals surface area contributed by atoms with Gasteiger partial charge < -0.3 is 10.3 Å². The summed E-state index contributed by atoms with van der Waals surface area (Å²) in [5, 5.41) is 19.6. The zero-order valence-electron chi connectivity index (χ0n) is 6.32. The third kappa shape index (κ3) is 1.68. The van der Waals surface area contributed by atoms with Crippen LogP contribution in [0.2, 0.25) is 0 Å². The Morgan fingerprint density at radius 1 is 1.50 bits per heavy atom. The van der Waals surface area contributed by atoms with Crippen LogP contribution in [0, 0.1) is 0 Å². The van der Waals surface area contributed by atoms with E-state index in [2.05, 4.69) is 0 Å². The Morgan fingerprint density at radius 2 is 2.20 bits per heavy atom. The van der Waals surface area contributed by atoms with Gasteiger partial charge in [0.05, 0.1) is 12.1 Å². The molecule has 2 N–H and O–H groups in total. The average molecular weight is 145 g/mol. The standard InChI is InChI=1S/C7H15NO2/c1-6(9)7-4-2-3-5-8(7)10/h6-7,9-10H,2-5H2,1H3. The van der Waals surface area contributed by atoms with Gasteiger partial charge in [-0.25, -0.2) is 0 Å². The Labute approximate surface area is 61.2 Å². The minimum absolute atomic E-state index is 0.0336. The smallest absolute Gasteiger partial charge is 0.0690 e. The van der Waals surface area contributed by atoms with Gasteiger partial charge in [0.15, 0.2) is 0 Å². The van der Waals surface area contributed by atoms with Gasteiger partial charge in [0.1, 0.15) is 0 Å². The molecule has 0 aromatic heterocycles. The van der Waals surface area contributed by atoms with Crippen molar-refractivity contribution in [2.75, 3.05) is 6.54 Å². The number of piperidine rings is 1. The molecule has 0 amide bonds. The molecule has 0 aliphatic carbocycles. The number of nitrogens with zero attached hydrogens (tertiary/aromatic N) is 1. The first-order valence-corrected chi connectivity index (χ1v) is 3.85. The number of hydroxylamine groups is 2. The molecular weight excluding hydrogens is 130 g/mol. The highest BCUT2D eigenvalue weighted by molar-refractivity contribution is 4.75. The molecule has 0 aromatic rings. The van der Waals surface area contributed by atoms with E-state index < -0.39 is 6.10 Å². The predicted molar refractivity (Wildman–Crippen MR) is 37.8 cm³/mol. The van der Waals surface area contributed by atoms with Gasteiger partial charge in [-0.2, -0.15) is 5.06 Å². The molecule has 0 aromatic carbocycles. The molecule has 60 valence electrons. The zero-order chi connectivity index (χ0) is 7.56. The molecule has 3 nitrogen and oxygen atoms in total. The van der Waals surface area contributed by atoms with Crippen LogP contribution in [0.15, 0.2) is 0 Å². The lowest BCUT2D eigenvalue weighted by Gasteiger charge is -2.32. The summed E-state index contributed by atoms with van der Waals surface area (Å²) >= 11 is 0. The van der Waals surface area contributed by atoms with Crippen LogP contribution >= 0.6 is 0 Å². The molecule has 10 heavy (non-hydrogen) atoms. The first-order chi connectivity index (χ1) is 4.72. The van der Waals surface area contributed by atoms with Gasteiger partial charge in [-0.05, 0) is 19.8 Å². The molecule has 0 saturated carbocycles. The predicted octanol–water partition coefficient (Wildman–Crippen LogP) is 0.611. The van der Waals surface area contributed by atoms with Gasteiger partial charge in [0, 0.05) is 6.54 Å². The van der Waals surface area contributed by atoms with Crippen LogP contribution in [-0.4, -0.2) is 34.1 Å². The Hall–Kier alpha value is -0.120. The van der Waals surface area contributed by atoms with Crippen LogP contribution in [0.5, 0.6) is 0 Å². The van der Waals surface area contributed by atoms with Gasteiger partial charge in [0.2, 0.25) is 0 Å². The fraction of sp³-hybridized carbons (Fsp3) is 1.00. The van der Waals surface area contributed by atoms with E-state index in [9.17, 15) is 5.21 Å². The molecule has 1 rings (SSSR count). The lowest BCUT2D eigenvalue weighted by Crippen LogP contribution is -2.43. The minimum atomic E-state index is -0.412. The van der Waals surface area contributed by atoms with Crippen molar-refractivity contribution in [2.45, 2.75) is 38.3 Å². The van der Waals surface area contributed by atoms with Crippen molar-refractivity contribution >= 4 is 0 Å². The second-order valence-corrected chi connectivity index (χ2v) is 2.97. The molecule has 1 fully saturated rings. The van der Waals surface area contributed by atoms with Crippen LogP contribution in [-0.2, 0) is 0 Å². The summed E-state index contributed by atoms with van der Waals surface area (Å²) in [6.07, 6.45) is 2.66. The first-order valence-electron chi connectivity index (χ1n) is 3.85. The average Bonchev–Trinajstić information content (AvgIpc) is 1.88. The fourth-order valence-corrected chi connectivity index (χ4v) is 1.43. The number of rotatable bonds is 1. The van der Waals surface area contributed by atoms with E-state index in [-0.39, 0.29) is 6.04 Å². The molecular formula is C7H15NO2. The van der Waals surface area contributed by atoms with Crippen molar-refractivity contribution in [1.29, 1.82) is 0 Å². The zero-order valence-corrected chi connectivity index (χ0v) is 6.32. The molecule has 0 bridgehead atoms. The number of aliphatic hydroxyl groups excluding tert-OH is 1. The van der Waals surface area contributed by atoms with Crippen LogP contribution in [0.3, 0.4) is 0 Å². The van der Waals surface area contributed by atoms with Gasteiger partial charge in [-0.1, -0.05) is 6.42 Å². The van der Waals surface area contributed by atoms with Crippen molar-refractivity contribution in [3.8, 4) is 0 Å². The van der Waals surface area contributed by atoms with Gasteiger partial charge in [-0.3, -0.25) is 0 Å². The molecule has 3 heteroatoms. The van der Waals surface area contributed by atoms with Crippen LogP contribution in [0.25, 0.3) is 0 Å². The summed E-state index contributed by atoms with van der Waals surface area (Å²) in [6.45, 7) is 2.43. The van der Waals surface area contributed by atoms with Gasteiger partial charge in [0.25, 0.3) is 0 Å². The summed E-state index contributed by atoms with van der Waals surface area (Å²) in [6, 6.07) is -0.0336. The van der Waals surface area contributed by atoms with Crippen molar-refractivity contribution in [3.63, 3.8) is 0 Å². The maximum absolute atomic E-state index is 9.21. The Balaban J connectivity index is 2.40. The van der Waals surface area contributed by atoms with E-state index in [1.54, 1.807) is 6.92 Å². The van der Waals surface area contributed by atoms with Crippen LogP contribution in [0.1, 0.15) is 26.2 Å². The normalized spacial score (nSPS) is 32.1. The molecule has 1 heterocycles. The highest BCUT2D eigenvalue weighted by Gasteiger charge is 2.24. The molecule has 1 saturated heterocycles. The second kappa shape index (κ2) is 3.32. The third-order valence-electron chi connectivity index (χ3n) is 2.08. The van der Waals surface area contributed by atoms with E-state index in [1.165, 1.54) is 5.06 Å². The Kier molecular flexibility index (Phi) is 2.65. The molecule has 1 aliphatic heterocycles. The van der Waals surface area contributed by atoms with Crippen molar-refractivity contribution in [3.05, 3.63) is 0 Å². The lowest BCUT2D eigenvalue weighted by molar-refractivity contribution is -0.166. The molecule has 2 unspecified atom stereocenters. The number of aliphatic hydroxyl groups is 1. The van der Waals surface area contributed by atoms with E-state index >= 15 is 0 Å². The number of hydrogen-bond donors (Lipinski definition) is 2. The first kappa shape index (κ1) is 7.98. The molecule has 1 aliphatic rings. The van der Waals surface area contributed by atoms with E-state index in [0.29, 0.717) is 6.54 Å². The maximum atomic E-state index is 9.21. The summed E-state index contributed by atoms with van der Waals surface area (Å²) in [7, 11) is 0. The maximum Gasteiger partial charge on any atom is 0.0690 e. The molecule has 2 atom stereocenters. The van der Waals surface area contributed by atoms with Crippen molar-refractivity contribution in [2.24, 2.45) is 0 Å². The highest BCUT2D eigenvalue weighted by Crippen LogP contribution is 2.16. The minimum Gasteiger partial charge on any atom is -0.392 e.